The maximum atomic E-state index is 12.2. The van der Waals surface area contributed by atoms with Gasteiger partial charge in [0.05, 0.1) is 12.1 Å². The van der Waals surface area contributed by atoms with E-state index in [-0.39, 0.29) is 12.3 Å². The van der Waals surface area contributed by atoms with Crippen molar-refractivity contribution in [1.29, 1.82) is 0 Å². The third-order valence-electron chi connectivity index (χ3n) is 3.89. The lowest BCUT2D eigenvalue weighted by Gasteiger charge is -2.07. The minimum atomic E-state index is -0.0900. The summed E-state index contributed by atoms with van der Waals surface area (Å²) in [6, 6.07) is 7.79. The molecule has 134 valence electrons. The van der Waals surface area contributed by atoms with Gasteiger partial charge in [-0.1, -0.05) is 6.07 Å². The van der Waals surface area contributed by atoms with E-state index in [9.17, 15) is 4.79 Å². The van der Waals surface area contributed by atoms with E-state index < -0.39 is 0 Å². The number of aromatic nitrogens is 3. The number of nitrogens with one attached hydrogen (secondary N) is 2. The van der Waals surface area contributed by atoms with Crippen LogP contribution >= 0.6 is 11.3 Å². The number of aryl methyl sites for hydroxylation is 4. The van der Waals surface area contributed by atoms with Gasteiger partial charge in [-0.25, -0.2) is 15.0 Å². The highest BCUT2D eigenvalue weighted by atomic mass is 32.1. The Morgan fingerprint density at radius 2 is 1.73 bits per heavy atom. The summed E-state index contributed by atoms with van der Waals surface area (Å²) in [5, 5.41) is 8.55. The Morgan fingerprint density at radius 1 is 1.00 bits per heavy atom. The third-order valence-corrected chi connectivity index (χ3v) is 4.69. The molecule has 0 aliphatic rings. The molecule has 0 spiro atoms. The van der Waals surface area contributed by atoms with E-state index >= 15 is 0 Å². The summed E-state index contributed by atoms with van der Waals surface area (Å²) in [7, 11) is 0. The highest BCUT2D eigenvalue weighted by molar-refractivity contribution is 7.13. The van der Waals surface area contributed by atoms with Gasteiger partial charge in [0.15, 0.2) is 5.13 Å². The molecule has 3 aromatic rings. The summed E-state index contributed by atoms with van der Waals surface area (Å²) < 4.78 is 0. The molecule has 1 amide bonds. The quantitative estimate of drug-likeness (QED) is 0.710. The van der Waals surface area contributed by atoms with Crippen LogP contribution in [0.1, 0.15) is 28.2 Å². The minimum Gasteiger partial charge on any atom is -0.326 e. The van der Waals surface area contributed by atoms with Gasteiger partial charge in [-0.05, 0) is 57.0 Å². The van der Waals surface area contributed by atoms with Crippen molar-refractivity contribution in [2.45, 2.75) is 34.1 Å². The zero-order valence-electron chi connectivity index (χ0n) is 15.3. The van der Waals surface area contributed by atoms with Gasteiger partial charge in [0, 0.05) is 22.5 Å². The van der Waals surface area contributed by atoms with Crippen LogP contribution in [0.25, 0.3) is 0 Å². The molecule has 7 heteroatoms. The van der Waals surface area contributed by atoms with E-state index in [2.05, 4.69) is 25.6 Å². The number of carbonyl (C=O) groups excluding carboxylic acids is 1. The fourth-order valence-electron chi connectivity index (χ4n) is 2.51. The van der Waals surface area contributed by atoms with Crippen LogP contribution in [0.2, 0.25) is 0 Å². The van der Waals surface area contributed by atoms with Crippen LogP contribution in [-0.4, -0.2) is 20.9 Å². The van der Waals surface area contributed by atoms with Gasteiger partial charge in [0.25, 0.3) is 0 Å². The van der Waals surface area contributed by atoms with Gasteiger partial charge in [0.1, 0.15) is 0 Å². The Morgan fingerprint density at radius 3 is 2.42 bits per heavy atom. The second-order valence-electron chi connectivity index (χ2n) is 6.27. The first-order chi connectivity index (χ1) is 12.4. The van der Waals surface area contributed by atoms with Gasteiger partial charge in [0.2, 0.25) is 11.9 Å². The van der Waals surface area contributed by atoms with Crippen molar-refractivity contribution in [3.63, 3.8) is 0 Å². The number of benzene rings is 1. The number of amides is 1. The molecule has 6 nitrogen and oxygen atoms in total. The van der Waals surface area contributed by atoms with Gasteiger partial charge >= 0.3 is 0 Å². The number of anilines is 3. The number of carbonyl (C=O) groups is 1. The summed E-state index contributed by atoms with van der Waals surface area (Å²) in [6.45, 7) is 7.91. The molecule has 2 N–H and O–H groups in total. The zero-order chi connectivity index (χ0) is 18.7. The average molecular weight is 367 g/mol. The van der Waals surface area contributed by atoms with Gasteiger partial charge in [-0.15, -0.1) is 11.3 Å². The molecule has 26 heavy (non-hydrogen) atoms. The second-order valence-corrected chi connectivity index (χ2v) is 7.13. The second kappa shape index (κ2) is 7.61. The molecule has 0 bridgehead atoms. The number of hydrogen-bond acceptors (Lipinski definition) is 6. The maximum absolute atomic E-state index is 12.2. The standard InChI is InChI=1S/C19H21N5OS/c1-11-5-6-15(7-12(11)2)22-17(25)9-16-10-26-19(23-16)24-18-20-13(3)8-14(4)21-18/h5-8,10H,9H2,1-4H3,(H,22,25)(H,20,21,23,24). The smallest absolute Gasteiger partial charge is 0.230 e. The fraction of sp³-hybridized carbons (Fsp3) is 0.263. The average Bonchev–Trinajstić information content (AvgIpc) is 2.96. The molecule has 3 rings (SSSR count). The Bertz CT molecular complexity index is 931. The molecule has 0 fully saturated rings. The number of thiazole rings is 1. The summed E-state index contributed by atoms with van der Waals surface area (Å²) in [5.74, 6) is 0.427. The lowest BCUT2D eigenvalue weighted by molar-refractivity contribution is -0.115. The molecule has 0 aliphatic heterocycles. The van der Waals surface area contributed by atoms with Gasteiger partial charge < -0.3 is 10.6 Å². The molecular weight excluding hydrogens is 346 g/mol. The van der Waals surface area contributed by atoms with Crippen LogP contribution in [0.5, 0.6) is 0 Å². The molecule has 0 radical (unpaired) electrons. The lowest BCUT2D eigenvalue weighted by Crippen LogP contribution is -2.14. The van der Waals surface area contributed by atoms with Crippen molar-refractivity contribution in [3.8, 4) is 0 Å². The largest absolute Gasteiger partial charge is 0.326 e. The predicted octanol–water partition coefficient (Wildman–Crippen LogP) is 4.09. The lowest BCUT2D eigenvalue weighted by atomic mass is 10.1. The molecule has 0 unspecified atom stereocenters. The highest BCUT2D eigenvalue weighted by Gasteiger charge is 2.10. The van der Waals surface area contributed by atoms with Crippen LogP contribution in [0.3, 0.4) is 0 Å². The van der Waals surface area contributed by atoms with Crippen LogP contribution in [-0.2, 0) is 11.2 Å². The summed E-state index contributed by atoms with van der Waals surface area (Å²) >= 11 is 1.43. The van der Waals surface area contributed by atoms with Crippen LogP contribution < -0.4 is 10.6 Å². The van der Waals surface area contributed by atoms with Crippen molar-refractivity contribution < 1.29 is 4.79 Å². The first-order valence-corrected chi connectivity index (χ1v) is 9.18. The Labute approximate surface area is 156 Å². The fourth-order valence-corrected chi connectivity index (χ4v) is 3.22. The van der Waals surface area contributed by atoms with Crippen molar-refractivity contribution in [2.24, 2.45) is 0 Å². The normalized spacial score (nSPS) is 10.6. The van der Waals surface area contributed by atoms with E-state index in [1.165, 1.54) is 16.9 Å². The number of nitrogens with zero attached hydrogens (tertiary/aromatic N) is 3. The van der Waals surface area contributed by atoms with E-state index in [4.69, 9.17) is 0 Å². The zero-order valence-corrected chi connectivity index (χ0v) is 16.1. The number of hydrogen-bond donors (Lipinski definition) is 2. The van der Waals surface area contributed by atoms with Crippen molar-refractivity contribution >= 4 is 34.0 Å². The molecule has 0 atom stereocenters. The Balaban J connectivity index is 1.62. The third kappa shape index (κ3) is 4.64. The van der Waals surface area contributed by atoms with Gasteiger partial charge in [-0.3, -0.25) is 4.79 Å². The van der Waals surface area contributed by atoms with E-state index in [0.717, 1.165) is 22.6 Å². The van der Waals surface area contributed by atoms with Crippen LogP contribution in [0, 0.1) is 27.7 Å². The molecular formula is C19H21N5OS. The highest BCUT2D eigenvalue weighted by Crippen LogP contribution is 2.20. The molecule has 1 aromatic carbocycles. The molecule has 2 heterocycles. The monoisotopic (exact) mass is 367 g/mol. The van der Waals surface area contributed by atoms with Gasteiger partial charge in [-0.2, -0.15) is 0 Å². The predicted molar refractivity (Wildman–Crippen MR) is 105 cm³/mol. The number of rotatable bonds is 5. The van der Waals surface area contributed by atoms with Crippen LogP contribution in [0.15, 0.2) is 29.6 Å². The molecule has 0 saturated carbocycles. The van der Waals surface area contributed by atoms with E-state index in [1.807, 2.05) is 57.3 Å². The summed E-state index contributed by atoms with van der Waals surface area (Å²) in [6.07, 6.45) is 0.221. The first kappa shape index (κ1) is 18.0. The molecule has 2 aromatic heterocycles. The van der Waals surface area contributed by atoms with E-state index in [0.29, 0.717) is 16.8 Å². The minimum absolute atomic E-state index is 0.0900. The Kier molecular flexibility index (Phi) is 5.27. The summed E-state index contributed by atoms with van der Waals surface area (Å²) in [4.78, 5) is 25.4. The Hall–Kier alpha value is -2.80. The molecule has 0 saturated heterocycles. The van der Waals surface area contributed by atoms with Crippen molar-refractivity contribution in [3.05, 3.63) is 57.9 Å². The van der Waals surface area contributed by atoms with Crippen LogP contribution in [0.4, 0.5) is 16.8 Å². The van der Waals surface area contributed by atoms with E-state index in [1.54, 1.807) is 0 Å². The topological polar surface area (TPSA) is 79.8 Å². The van der Waals surface area contributed by atoms with Crippen molar-refractivity contribution in [1.82, 2.24) is 15.0 Å². The first-order valence-electron chi connectivity index (χ1n) is 8.30. The molecule has 0 aliphatic carbocycles. The van der Waals surface area contributed by atoms with Crippen molar-refractivity contribution in [2.75, 3.05) is 10.6 Å². The maximum Gasteiger partial charge on any atom is 0.230 e. The summed E-state index contributed by atoms with van der Waals surface area (Å²) in [5.41, 5.74) is 5.65. The SMILES string of the molecule is Cc1cc(C)nc(Nc2nc(CC(=O)Nc3ccc(C)c(C)c3)cs2)n1.